The molecule has 69 heavy (non-hydrogen) atoms. The summed E-state index contributed by atoms with van der Waals surface area (Å²) in [4.78, 5) is 12.6. The molecular weight excluding hydrogens is 908 g/mol. The first-order valence-electron chi connectivity index (χ1n) is 25.0. The highest BCUT2D eigenvalue weighted by Crippen LogP contribution is 2.32. The highest BCUT2D eigenvalue weighted by molar-refractivity contribution is 5.96. The van der Waals surface area contributed by atoms with Gasteiger partial charge in [-0.05, 0) is 36.8 Å². The van der Waals surface area contributed by atoms with Crippen molar-refractivity contribution in [3.63, 3.8) is 0 Å². The Labute approximate surface area is 409 Å². The zero-order valence-corrected chi connectivity index (χ0v) is 41.4. The summed E-state index contributed by atoms with van der Waals surface area (Å²) >= 11 is 0. The van der Waals surface area contributed by atoms with E-state index >= 15 is 0 Å². The van der Waals surface area contributed by atoms with Crippen LogP contribution in [0.4, 0.5) is 24.5 Å². The molecule has 2 aromatic carbocycles. The molecule has 0 amide bonds. The third kappa shape index (κ3) is 38.4. The number of carbonyl (C=O) groups is 1. The molecule has 0 radical (unpaired) electrons. The maximum Gasteiger partial charge on any atom is 0.416 e. The van der Waals surface area contributed by atoms with Crippen molar-refractivity contribution >= 4 is 17.3 Å². The van der Waals surface area contributed by atoms with Crippen LogP contribution in [0.5, 0.6) is 0 Å². The average Bonchev–Trinajstić information content (AvgIpc) is 3.34. The number of anilines is 2. The van der Waals surface area contributed by atoms with Crippen LogP contribution in [0.2, 0.25) is 0 Å². The lowest BCUT2D eigenvalue weighted by atomic mass is 10.1. The van der Waals surface area contributed by atoms with Gasteiger partial charge in [0, 0.05) is 12.3 Å². The fourth-order valence-corrected chi connectivity index (χ4v) is 6.36. The third-order valence-electron chi connectivity index (χ3n) is 10.1. The molecule has 15 nitrogen and oxygen atoms in total. The first-order chi connectivity index (χ1) is 33.9. The molecule has 0 spiro atoms. The Hall–Kier alpha value is -2.98. The van der Waals surface area contributed by atoms with Crippen LogP contribution in [0, 0.1) is 0 Å². The summed E-state index contributed by atoms with van der Waals surface area (Å²) in [6.07, 6.45) is 10.3. The second-order valence-corrected chi connectivity index (χ2v) is 15.8. The van der Waals surface area contributed by atoms with E-state index in [1.54, 1.807) is 18.2 Å². The summed E-state index contributed by atoms with van der Waals surface area (Å²) in [5.41, 5.74) is -0.0930. The SMILES string of the molecule is CCCCCCCCCCCCCOCCOCCOCCOCCOCCOCCOCCOCCOCCOCCOCCOCCOC(=O)c1ccccc1Nc1cccc(C(F)(F)F)c1. The van der Waals surface area contributed by atoms with Gasteiger partial charge in [0.15, 0.2) is 0 Å². The van der Waals surface area contributed by atoms with Crippen molar-refractivity contribution in [3.8, 4) is 0 Å². The van der Waals surface area contributed by atoms with E-state index in [4.69, 9.17) is 61.6 Å². The van der Waals surface area contributed by atoms with Crippen LogP contribution in [0.3, 0.4) is 0 Å². The fourth-order valence-electron chi connectivity index (χ4n) is 6.36. The van der Waals surface area contributed by atoms with E-state index < -0.39 is 17.7 Å². The van der Waals surface area contributed by atoms with E-state index in [0.29, 0.717) is 151 Å². The number of halogens is 3. The number of carbonyl (C=O) groups excluding carboxylic acids is 1. The minimum absolute atomic E-state index is 0.00401. The number of alkyl halides is 3. The van der Waals surface area contributed by atoms with Crippen molar-refractivity contribution in [1.82, 2.24) is 0 Å². The largest absolute Gasteiger partial charge is 0.460 e. The van der Waals surface area contributed by atoms with Crippen LogP contribution in [-0.2, 0) is 67.8 Å². The van der Waals surface area contributed by atoms with Crippen molar-refractivity contribution < 1.29 is 79.5 Å². The van der Waals surface area contributed by atoms with Gasteiger partial charge in [0.05, 0.1) is 169 Å². The molecule has 0 heterocycles. The molecule has 0 aromatic heterocycles. The van der Waals surface area contributed by atoms with Gasteiger partial charge in [-0.1, -0.05) is 89.3 Å². The topological polar surface area (TPSA) is 149 Å². The summed E-state index contributed by atoms with van der Waals surface area (Å²) in [7, 11) is 0. The fraction of sp³-hybridized carbons (Fsp3) is 0.745. The molecule has 18 heteroatoms. The molecule has 0 saturated heterocycles. The van der Waals surface area contributed by atoms with Crippen LogP contribution < -0.4 is 5.32 Å². The smallest absolute Gasteiger partial charge is 0.416 e. The van der Waals surface area contributed by atoms with Gasteiger partial charge in [-0.3, -0.25) is 0 Å². The Bertz CT molecular complexity index is 1450. The van der Waals surface area contributed by atoms with Crippen molar-refractivity contribution in [2.75, 3.05) is 170 Å². The van der Waals surface area contributed by atoms with E-state index in [0.717, 1.165) is 25.2 Å². The molecule has 1 N–H and O–H groups in total. The van der Waals surface area contributed by atoms with Crippen LogP contribution in [0.25, 0.3) is 0 Å². The molecule has 0 unspecified atom stereocenters. The monoisotopic (exact) mass is 992 g/mol. The van der Waals surface area contributed by atoms with Gasteiger partial charge in [0.1, 0.15) is 6.61 Å². The summed E-state index contributed by atoms with van der Waals surface area (Å²) in [5, 5.41) is 2.86. The van der Waals surface area contributed by atoms with Crippen LogP contribution in [0.1, 0.15) is 93.5 Å². The minimum Gasteiger partial charge on any atom is -0.460 e. The number of esters is 1. The second kappa shape index (κ2) is 46.1. The van der Waals surface area contributed by atoms with Crippen molar-refractivity contribution in [3.05, 3.63) is 59.7 Å². The lowest BCUT2D eigenvalue weighted by molar-refractivity contribution is -0.137. The summed E-state index contributed by atoms with van der Waals surface area (Å²) in [6.45, 7) is 13.6. The molecule has 2 rings (SSSR count). The van der Waals surface area contributed by atoms with Gasteiger partial charge in [-0.2, -0.15) is 13.2 Å². The minimum atomic E-state index is -4.48. The molecule has 0 fully saturated rings. The van der Waals surface area contributed by atoms with Gasteiger partial charge in [-0.25, -0.2) is 4.79 Å². The maximum absolute atomic E-state index is 13.1. The van der Waals surface area contributed by atoms with Crippen LogP contribution >= 0.6 is 0 Å². The zero-order valence-electron chi connectivity index (χ0n) is 41.4. The van der Waals surface area contributed by atoms with E-state index in [1.165, 1.54) is 82.4 Å². The Balaban J connectivity index is 1.19. The number of ether oxygens (including phenoxy) is 13. The first kappa shape index (κ1) is 62.1. The molecule has 0 aliphatic heterocycles. The predicted molar refractivity (Wildman–Crippen MR) is 258 cm³/mol. The predicted octanol–water partition coefficient (Wildman–Crippen LogP) is 9.12. The molecule has 0 aliphatic carbocycles. The number of unbranched alkanes of at least 4 members (excludes halogenated alkanes) is 10. The van der Waals surface area contributed by atoms with Gasteiger partial charge in [0.2, 0.25) is 0 Å². The first-order valence-corrected chi connectivity index (χ1v) is 25.0. The molecular formula is C51H84F3NO14. The Morgan fingerprint density at radius 1 is 0.406 bits per heavy atom. The number of hydrogen-bond donors (Lipinski definition) is 1. The standard InChI is InChI=1S/C51H84F3NO14/c1-2-3-4-5-6-7-8-9-10-11-14-20-57-21-22-58-23-24-59-25-26-60-27-28-61-29-30-62-31-32-63-33-34-64-35-36-65-37-38-66-39-40-67-41-42-68-43-44-69-50(56)48-18-12-13-19-49(48)55-47-17-15-16-46(45-47)51(52,53)54/h12-13,15-19,45,55H,2-11,14,20-44H2,1H3. The summed E-state index contributed by atoms with van der Waals surface area (Å²) in [5.74, 6) is -0.629. The average molecular weight is 992 g/mol. The highest BCUT2D eigenvalue weighted by atomic mass is 19.4. The molecule has 0 aliphatic rings. The van der Waals surface area contributed by atoms with Crippen molar-refractivity contribution in [2.24, 2.45) is 0 Å². The number of benzene rings is 2. The Morgan fingerprint density at radius 2 is 0.739 bits per heavy atom. The Kier molecular flexibility index (Phi) is 41.5. The normalized spacial score (nSPS) is 11.7. The zero-order chi connectivity index (χ0) is 49.4. The van der Waals surface area contributed by atoms with Gasteiger partial charge in [0.25, 0.3) is 0 Å². The number of rotatable bonds is 51. The number of para-hydroxylation sites is 1. The van der Waals surface area contributed by atoms with Crippen LogP contribution in [-0.4, -0.2) is 171 Å². The van der Waals surface area contributed by atoms with Crippen molar-refractivity contribution in [2.45, 2.75) is 83.7 Å². The second-order valence-electron chi connectivity index (χ2n) is 15.8. The van der Waals surface area contributed by atoms with Gasteiger partial charge in [-0.15, -0.1) is 0 Å². The molecule has 0 bridgehead atoms. The third-order valence-corrected chi connectivity index (χ3v) is 10.1. The van der Waals surface area contributed by atoms with E-state index in [9.17, 15) is 18.0 Å². The van der Waals surface area contributed by atoms with E-state index in [-0.39, 0.29) is 24.5 Å². The van der Waals surface area contributed by atoms with E-state index in [1.807, 2.05) is 0 Å². The molecule has 0 atom stereocenters. The van der Waals surface area contributed by atoms with E-state index in [2.05, 4.69) is 12.2 Å². The summed E-state index contributed by atoms with van der Waals surface area (Å²) in [6, 6.07) is 11.1. The molecule has 0 saturated carbocycles. The lowest BCUT2D eigenvalue weighted by Crippen LogP contribution is -2.16. The molecule has 398 valence electrons. The quantitative estimate of drug-likeness (QED) is 0.0496. The Morgan fingerprint density at radius 3 is 1.12 bits per heavy atom. The van der Waals surface area contributed by atoms with Gasteiger partial charge < -0.3 is 66.9 Å². The number of hydrogen-bond acceptors (Lipinski definition) is 15. The highest BCUT2D eigenvalue weighted by Gasteiger charge is 2.30. The van der Waals surface area contributed by atoms with Crippen molar-refractivity contribution in [1.29, 1.82) is 0 Å². The maximum atomic E-state index is 13.1. The lowest BCUT2D eigenvalue weighted by Gasteiger charge is -2.13. The van der Waals surface area contributed by atoms with Gasteiger partial charge >= 0.3 is 12.1 Å². The van der Waals surface area contributed by atoms with Crippen LogP contribution in [0.15, 0.2) is 48.5 Å². The number of nitrogens with one attached hydrogen (secondary N) is 1. The molecule has 2 aromatic rings. The summed E-state index contributed by atoms with van der Waals surface area (Å²) < 4.78 is 111.